The zero-order valence-electron chi connectivity index (χ0n) is 10.5. The van der Waals surface area contributed by atoms with Crippen LogP contribution in [0.25, 0.3) is 0 Å². The average molecular weight is 286 g/mol. The van der Waals surface area contributed by atoms with Crippen LogP contribution in [-0.2, 0) is 4.74 Å². The predicted octanol–water partition coefficient (Wildman–Crippen LogP) is 3.05. The Bertz CT molecular complexity index is 505. The van der Waals surface area contributed by atoms with E-state index in [1.807, 2.05) is 6.07 Å². The highest BCUT2D eigenvalue weighted by atomic mass is 19.4. The van der Waals surface area contributed by atoms with Crippen molar-refractivity contribution >= 4 is 5.69 Å². The van der Waals surface area contributed by atoms with Crippen molar-refractivity contribution in [3.63, 3.8) is 0 Å². The highest BCUT2D eigenvalue weighted by molar-refractivity contribution is 5.61. The molecule has 20 heavy (non-hydrogen) atoms. The van der Waals surface area contributed by atoms with Crippen LogP contribution in [0.1, 0.15) is 18.4 Å². The Morgan fingerprint density at radius 2 is 2.20 bits per heavy atom. The van der Waals surface area contributed by atoms with Gasteiger partial charge in [0, 0.05) is 18.7 Å². The quantitative estimate of drug-likeness (QED) is 0.928. The molecule has 1 N–H and O–H groups in total. The van der Waals surface area contributed by atoms with Gasteiger partial charge in [-0.2, -0.15) is 5.26 Å². The Morgan fingerprint density at radius 1 is 1.40 bits per heavy atom. The molecule has 1 fully saturated rings. The molecule has 0 spiro atoms. The van der Waals surface area contributed by atoms with Gasteiger partial charge in [0.1, 0.15) is 11.8 Å². The summed E-state index contributed by atoms with van der Waals surface area (Å²) in [4.78, 5) is 0. The van der Waals surface area contributed by atoms with E-state index in [1.54, 1.807) is 0 Å². The Morgan fingerprint density at radius 3 is 2.80 bits per heavy atom. The van der Waals surface area contributed by atoms with E-state index in [1.165, 1.54) is 12.1 Å². The number of nitrogens with one attached hydrogen (secondary N) is 1. The summed E-state index contributed by atoms with van der Waals surface area (Å²) in [7, 11) is 0. The lowest BCUT2D eigenvalue weighted by Crippen LogP contribution is -2.30. The largest absolute Gasteiger partial charge is 0.573 e. The van der Waals surface area contributed by atoms with Crippen LogP contribution in [0.5, 0.6) is 5.75 Å². The average Bonchev–Trinajstić information content (AvgIpc) is 2.38. The Balaban J connectivity index is 2.16. The number of benzene rings is 1. The number of hydrogen-bond donors (Lipinski definition) is 1. The molecule has 108 valence electrons. The molecule has 0 bridgehead atoms. The minimum Gasteiger partial charge on any atom is -0.406 e. The summed E-state index contributed by atoms with van der Waals surface area (Å²) in [5.41, 5.74) is 0.592. The molecule has 7 heteroatoms. The van der Waals surface area contributed by atoms with E-state index in [-0.39, 0.29) is 17.4 Å². The number of halogens is 3. The predicted molar refractivity (Wildman–Crippen MR) is 65.3 cm³/mol. The van der Waals surface area contributed by atoms with Crippen LogP contribution in [-0.4, -0.2) is 25.6 Å². The molecule has 1 aromatic rings. The van der Waals surface area contributed by atoms with Crippen molar-refractivity contribution in [1.29, 1.82) is 5.26 Å². The molecule has 1 saturated heterocycles. The molecule has 1 heterocycles. The van der Waals surface area contributed by atoms with Crippen LogP contribution in [0.2, 0.25) is 0 Å². The second kappa shape index (κ2) is 6.01. The SMILES string of the molecule is N#Cc1ccc(OC(F)(F)F)cc1N[C@@H]1CCCOC1. The second-order valence-corrected chi connectivity index (χ2v) is 4.43. The van der Waals surface area contributed by atoms with Crippen LogP contribution in [0.3, 0.4) is 0 Å². The van der Waals surface area contributed by atoms with Gasteiger partial charge in [0.05, 0.1) is 17.9 Å². The molecular weight excluding hydrogens is 273 g/mol. The molecule has 1 atom stereocenters. The Kier molecular flexibility index (Phi) is 4.35. The van der Waals surface area contributed by atoms with Gasteiger partial charge in [0.2, 0.25) is 0 Å². The first kappa shape index (κ1) is 14.5. The number of rotatable bonds is 3. The fraction of sp³-hybridized carbons (Fsp3) is 0.462. The molecular formula is C13H13F3N2O2. The van der Waals surface area contributed by atoms with E-state index in [4.69, 9.17) is 10.00 Å². The minimum atomic E-state index is -4.75. The molecule has 4 nitrogen and oxygen atoms in total. The molecule has 2 rings (SSSR count). The van der Waals surface area contributed by atoms with E-state index in [0.717, 1.165) is 18.9 Å². The standard InChI is InChI=1S/C13H13F3N2O2/c14-13(15,16)20-11-4-3-9(7-17)12(6-11)18-10-2-1-5-19-8-10/h3-4,6,10,18H,1-2,5,8H2/t10-/m1/s1. The lowest BCUT2D eigenvalue weighted by atomic mass is 10.1. The molecule has 0 radical (unpaired) electrons. The summed E-state index contributed by atoms with van der Waals surface area (Å²) in [6.07, 6.45) is -3.03. The molecule has 1 aliphatic rings. The third-order valence-electron chi connectivity index (χ3n) is 2.86. The van der Waals surface area contributed by atoms with Gasteiger partial charge in [0.25, 0.3) is 0 Å². The zero-order valence-corrected chi connectivity index (χ0v) is 10.5. The topological polar surface area (TPSA) is 54.3 Å². The van der Waals surface area contributed by atoms with Crippen molar-refractivity contribution in [2.45, 2.75) is 25.2 Å². The van der Waals surface area contributed by atoms with Crippen molar-refractivity contribution in [2.75, 3.05) is 18.5 Å². The van der Waals surface area contributed by atoms with E-state index < -0.39 is 6.36 Å². The van der Waals surface area contributed by atoms with E-state index in [2.05, 4.69) is 10.1 Å². The minimum absolute atomic E-state index is 0.0167. The summed E-state index contributed by atoms with van der Waals surface area (Å²) in [6, 6.07) is 5.52. The van der Waals surface area contributed by atoms with Gasteiger partial charge >= 0.3 is 6.36 Å². The highest BCUT2D eigenvalue weighted by Gasteiger charge is 2.31. The first-order chi connectivity index (χ1) is 9.48. The van der Waals surface area contributed by atoms with Gasteiger partial charge in [-0.1, -0.05) is 0 Å². The smallest absolute Gasteiger partial charge is 0.406 e. The van der Waals surface area contributed by atoms with Crippen LogP contribution in [0.4, 0.5) is 18.9 Å². The lowest BCUT2D eigenvalue weighted by molar-refractivity contribution is -0.274. The van der Waals surface area contributed by atoms with Gasteiger partial charge in [-0.25, -0.2) is 0 Å². The van der Waals surface area contributed by atoms with Crippen molar-refractivity contribution in [3.8, 4) is 11.8 Å². The number of ether oxygens (including phenoxy) is 2. The lowest BCUT2D eigenvalue weighted by Gasteiger charge is -2.24. The summed E-state index contributed by atoms with van der Waals surface area (Å²) in [5.74, 6) is -0.351. The number of nitrogens with zero attached hydrogens (tertiary/aromatic N) is 1. The highest BCUT2D eigenvalue weighted by Crippen LogP contribution is 2.28. The molecule has 0 saturated carbocycles. The van der Waals surface area contributed by atoms with Gasteiger partial charge in [-0.05, 0) is 25.0 Å². The maximum absolute atomic E-state index is 12.2. The van der Waals surface area contributed by atoms with Crippen LogP contribution in [0.15, 0.2) is 18.2 Å². The van der Waals surface area contributed by atoms with Crippen molar-refractivity contribution in [1.82, 2.24) is 0 Å². The first-order valence-electron chi connectivity index (χ1n) is 6.12. The first-order valence-corrected chi connectivity index (χ1v) is 6.12. The summed E-state index contributed by atoms with van der Waals surface area (Å²) in [6.45, 7) is 1.15. The molecule has 0 aliphatic carbocycles. The van der Waals surface area contributed by atoms with Crippen molar-refractivity contribution < 1.29 is 22.6 Å². The van der Waals surface area contributed by atoms with E-state index >= 15 is 0 Å². The number of anilines is 1. The monoisotopic (exact) mass is 286 g/mol. The molecule has 0 amide bonds. The van der Waals surface area contributed by atoms with Crippen LogP contribution < -0.4 is 10.1 Å². The van der Waals surface area contributed by atoms with E-state index in [0.29, 0.717) is 18.9 Å². The normalized spacial score (nSPS) is 19.2. The van der Waals surface area contributed by atoms with Crippen LogP contribution >= 0.6 is 0 Å². The number of nitriles is 1. The third kappa shape index (κ3) is 4.03. The molecule has 1 aromatic carbocycles. The summed E-state index contributed by atoms with van der Waals surface area (Å²) in [5, 5.41) is 12.0. The zero-order chi connectivity index (χ0) is 14.6. The second-order valence-electron chi connectivity index (χ2n) is 4.43. The third-order valence-corrected chi connectivity index (χ3v) is 2.86. The Hall–Kier alpha value is -1.94. The van der Waals surface area contributed by atoms with Crippen LogP contribution in [0, 0.1) is 11.3 Å². The van der Waals surface area contributed by atoms with Gasteiger partial charge < -0.3 is 14.8 Å². The van der Waals surface area contributed by atoms with Gasteiger partial charge in [-0.15, -0.1) is 13.2 Å². The fourth-order valence-corrected chi connectivity index (χ4v) is 2.01. The summed E-state index contributed by atoms with van der Waals surface area (Å²) >= 11 is 0. The maximum Gasteiger partial charge on any atom is 0.573 e. The van der Waals surface area contributed by atoms with Crippen molar-refractivity contribution in [3.05, 3.63) is 23.8 Å². The Labute approximate surface area is 114 Å². The summed E-state index contributed by atoms with van der Waals surface area (Å²) < 4.78 is 45.7. The van der Waals surface area contributed by atoms with Gasteiger partial charge in [0.15, 0.2) is 0 Å². The number of hydrogen-bond acceptors (Lipinski definition) is 4. The van der Waals surface area contributed by atoms with Crippen molar-refractivity contribution in [2.24, 2.45) is 0 Å². The maximum atomic E-state index is 12.2. The molecule has 1 aliphatic heterocycles. The van der Waals surface area contributed by atoms with Gasteiger partial charge in [-0.3, -0.25) is 0 Å². The fourth-order valence-electron chi connectivity index (χ4n) is 2.01. The molecule has 0 aromatic heterocycles. The molecule has 0 unspecified atom stereocenters. The number of alkyl halides is 3. The van der Waals surface area contributed by atoms with E-state index in [9.17, 15) is 13.2 Å².